The minimum Gasteiger partial charge on any atom is -0.478 e. The summed E-state index contributed by atoms with van der Waals surface area (Å²) in [4.78, 5) is 21.8. The van der Waals surface area contributed by atoms with Gasteiger partial charge in [-0.3, -0.25) is 0 Å². The fraction of sp³-hybridized carbons (Fsp3) is 0. The average Bonchev–Trinajstić information content (AvgIpc) is 3.06. The number of rotatable bonds is 2. The molecule has 1 N–H and O–H groups in total. The summed E-state index contributed by atoms with van der Waals surface area (Å²) >= 11 is 0. The predicted molar refractivity (Wildman–Crippen MR) is 73.1 cm³/mol. The van der Waals surface area contributed by atoms with Crippen molar-refractivity contribution in [3.05, 3.63) is 59.7 Å². The van der Waals surface area contributed by atoms with Gasteiger partial charge in [0.25, 0.3) is 0 Å². The van der Waals surface area contributed by atoms with Crippen LogP contribution in [0, 0.1) is 12.5 Å². The van der Waals surface area contributed by atoms with E-state index in [-0.39, 0.29) is 11.1 Å². The number of esters is 1. The molecule has 0 fully saturated rings. The molecule has 0 heterocycles. The Hall–Kier alpha value is -3.06. The molecule has 0 aromatic heterocycles. The Labute approximate surface area is 115 Å². The molecule has 0 amide bonds. The van der Waals surface area contributed by atoms with E-state index >= 15 is 0 Å². The van der Waals surface area contributed by atoms with Crippen LogP contribution in [0.15, 0.2) is 48.5 Å². The van der Waals surface area contributed by atoms with Gasteiger partial charge in [0, 0.05) is 0 Å². The SMILES string of the molecule is C#COC(=O)c1ccccc1C(=O)O.c1cc2cc-2c1. The van der Waals surface area contributed by atoms with Crippen LogP contribution in [-0.2, 0) is 4.74 Å². The molecule has 0 saturated heterocycles. The van der Waals surface area contributed by atoms with E-state index < -0.39 is 11.9 Å². The second-order valence-electron chi connectivity index (χ2n) is 3.94. The third-order valence-electron chi connectivity index (χ3n) is 2.64. The highest BCUT2D eigenvalue weighted by atomic mass is 16.5. The maximum Gasteiger partial charge on any atom is 0.352 e. The summed E-state index contributed by atoms with van der Waals surface area (Å²) in [5, 5.41) is 8.72. The predicted octanol–water partition coefficient (Wildman–Crippen LogP) is 2.80. The molecule has 4 nitrogen and oxygen atoms in total. The summed E-state index contributed by atoms with van der Waals surface area (Å²) in [7, 11) is 0. The first-order chi connectivity index (χ1) is 9.63. The van der Waals surface area contributed by atoms with E-state index in [1.807, 2.05) is 0 Å². The zero-order valence-electron chi connectivity index (χ0n) is 10.4. The molecule has 1 aromatic rings. The first-order valence-electron chi connectivity index (χ1n) is 5.73. The maximum absolute atomic E-state index is 11.1. The highest BCUT2D eigenvalue weighted by Gasteiger charge is 2.16. The number of hydrogen-bond acceptors (Lipinski definition) is 3. The van der Waals surface area contributed by atoms with Crippen LogP contribution in [0.1, 0.15) is 20.7 Å². The molecular formula is C16H10O4. The second kappa shape index (κ2) is 5.72. The highest BCUT2D eigenvalue weighted by Crippen LogP contribution is 2.32. The first kappa shape index (κ1) is 13.4. The van der Waals surface area contributed by atoms with Gasteiger partial charge in [-0.1, -0.05) is 36.8 Å². The van der Waals surface area contributed by atoms with Gasteiger partial charge in [-0.05, 0) is 29.3 Å². The quantitative estimate of drug-likeness (QED) is 0.572. The van der Waals surface area contributed by atoms with Crippen LogP contribution >= 0.6 is 0 Å². The Kier molecular flexibility index (Phi) is 3.82. The third kappa shape index (κ3) is 3.03. The van der Waals surface area contributed by atoms with Crippen LogP contribution in [0.4, 0.5) is 0 Å². The summed E-state index contributed by atoms with van der Waals surface area (Å²) in [6.07, 6.45) is 6.44. The number of carbonyl (C=O) groups is 2. The molecule has 0 bridgehead atoms. The van der Waals surface area contributed by atoms with Gasteiger partial charge >= 0.3 is 11.9 Å². The van der Waals surface area contributed by atoms with Crippen LogP contribution in [0.3, 0.4) is 0 Å². The smallest absolute Gasteiger partial charge is 0.352 e. The van der Waals surface area contributed by atoms with E-state index in [4.69, 9.17) is 11.5 Å². The lowest BCUT2D eigenvalue weighted by Gasteiger charge is -2.01. The minimum atomic E-state index is -1.20. The average molecular weight is 266 g/mol. The monoisotopic (exact) mass is 266 g/mol. The first-order valence-corrected chi connectivity index (χ1v) is 5.73. The summed E-state index contributed by atoms with van der Waals surface area (Å²) in [6, 6.07) is 14.2. The number of terminal acetylenes is 1. The normalized spacial score (nSPS) is 9.55. The van der Waals surface area contributed by atoms with Crippen molar-refractivity contribution in [2.45, 2.75) is 0 Å². The molecule has 20 heavy (non-hydrogen) atoms. The molecule has 0 radical (unpaired) electrons. The molecule has 0 aliphatic heterocycles. The zero-order chi connectivity index (χ0) is 14.5. The summed E-state index contributed by atoms with van der Waals surface area (Å²) < 4.78 is 4.24. The van der Waals surface area contributed by atoms with Crippen LogP contribution in [0.25, 0.3) is 11.1 Å². The summed E-state index contributed by atoms with van der Waals surface area (Å²) in [6.45, 7) is 0. The van der Waals surface area contributed by atoms with Crippen molar-refractivity contribution in [1.82, 2.24) is 0 Å². The number of fused-ring (bicyclic) bond motifs is 1. The summed E-state index contributed by atoms with van der Waals surface area (Å²) in [5.74, 6) is -2.04. The molecule has 2 aliphatic carbocycles. The Morgan fingerprint density at radius 3 is 2.00 bits per heavy atom. The van der Waals surface area contributed by atoms with Crippen molar-refractivity contribution in [3.63, 3.8) is 0 Å². The van der Waals surface area contributed by atoms with Gasteiger partial charge in [0.1, 0.15) is 6.11 Å². The lowest BCUT2D eigenvalue weighted by atomic mass is 10.1. The molecule has 4 heteroatoms. The Bertz CT molecular complexity index is 693. The third-order valence-corrected chi connectivity index (χ3v) is 2.64. The van der Waals surface area contributed by atoms with Crippen molar-refractivity contribution < 1.29 is 19.4 Å². The van der Waals surface area contributed by atoms with E-state index in [1.54, 1.807) is 6.11 Å². The van der Waals surface area contributed by atoms with Crippen LogP contribution in [-0.4, -0.2) is 17.0 Å². The van der Waals surface area contributed by atoms with E-state index in [0.717, 1.165) is 0 Å². The molecule has 2 aliphatic rings. The van der Waals surface area contributed by atoms with Gasteiger partial charge in [0.2, 0.25) is 0 Å². The molecule has 98 valence electrons. The molecule has 1 aromatic carbocycles. The van der Waals surface area contributed by atoms with E-state index in [1.165, 1.54) is 35.4 Å². The van der Waals surface area contributed by atoms with Crippen molar-refractivity contribution in [1.29, 1.82) is 0 Å². The van der Waals surface area contributed by atoms with Gasteiger partial charge in [-0.15, -0.1) is 0 Å². The molecule has 0 unspecified atom stereocenters. The highest BCUT2D eigenvalue weighted by molar-refractivity contribution is 6.02. The van der Waals surface area contributed by atoms with Gasteiger partial charge in [0.15, 0.2) is 0 Å². The number of carboxylic acids is 1. The Morgan fingerprint density at radius 1 is 1.00 bits per heavy atom. The van der Waals surface area contributed by atoms with Crippen molar-refractivity contribution in [2.24, 2.45) is 0 Å². The lowest BCUT2D eigenvalue weighted by Crippen LogP contribution is -2.09. The van der Waals surface area contributed by atoms with Gasteiger partial charge in [0.05, 0.1) is 11.1 Å². The largest absolute Gasteiger partial charge is 0.478 e. The summed E-state index contributed by atoms with van der Waals surface area (Å²) in [5.41, 5.74) is 2.66. The Morgan fingerprint density at radius 2 is 1.60 bits per heavy atom. The fourth-order valence-electron chi connectivity index (χ4n) is 1.63. The number of carbonyl (C=O) groups excluding carboxylic acids is 1. The van der Waals surface area contributed by atoms with E-state index in [2.05, 4.69) is 29.0 Å². The second-order valence-corrected chi connectivity index (χ2v) is 3.94. The maximum atomic E-state index is 11.1. The standard InChI is InChI=1S/C10H6O4.C6H4/c1-2-14-10(13)8-6-4-3-5-7(8)9(11)12;1-2-5-4-6(5)3-1/h1,3-6H,(H,11,12);1-4H. The molecule has 0 atom stereocenters. The van der Waals surface area contributed by atoms with Gasteiger partial charge in [-0.2, -0.15) is 0 Å². The van der Waals surface area contributed by atoms with Gasteiger partial charge in [-0.25, -0.2) is 9.59 Å². The Balaban J connectivity index is 0.000000198. The molecule has 0 spiro atoms. The van der Waals surface area contributed by atoms with E-state index in [9.17, 15) is 9.59 Å². The van der Waals surface area contributed by atoms with Gasteiger partial charge < -0.3 is 9.84 Å². The fourth-order valence-corrected chi connectivity index (χ4v) is 1.63. The number of carboxylic acid groups (broad SMARTS) is 1. The number of aromatic carboxylic acids is 1. The molecular weight excluding hydrogens is 256 g/mol. The molecule has 0 saturated carbocycles. The van der Waals surface area contributed by atoms with Crippen LogP contribution < -0.4 is 0 Å². The number of benzene rings is 2. The van der Waals surface area contributed by atoms with E-state index in [0.29, 0.717) is 0 Å². The van der Waals surface area contributed by atoms with Crippen molar-refractivity contribution >= 4 is 11.9 Å². The number of ether oxygens (including phenoxy) is 1. The molecule has 3 rings (SSSR count). The van der Waals surface area contributed by atoms with Crippen molar-refractivity contribution in [2.75, 3.05) is 0 Å². The minimum absolute atomic E-state index is 0.0575. The zero-order valence-corrected chi connectivity index (χ0v) is 10.4. The van der Waals surface area contributed by atoms with Crippen LogP contribution in [0.2, 0.25) is 0 Å². The van der Waals surface area contributed by atoms with Crippen molar-refractivity contribution in [3.8, 4) is 23.7 Å². The lowest BCUT2D eigenvalue weighted by molar-refractivity contribution is 0.0649. The van der Waals surface area contributed by atoms with Crippen LogP contribution in [0.5, 0.6) is 0 Å². The number of hydrogen-bond donors (Lipinski definition) is 1. The topological polar surface area (TPSA) is 63.6 Å².